The molecule has 8 nitrogen and oxygen atoms in total. The Balaban J connectivity index is 1.30. The molecule has 0 saturated carbocycles. The topological polar surface area (TPSA) is 64.2 Å². The van der Waals surface area contributed by atoms with Crippen molar-refractivity contribution in [3.8, 4) is 17.1 Å². The Kier molecular flexibility index (Phi) is 8.81. The monoisotopic (exact) mass is 527 g/mol. The molecule has 2 aliphatic rings. The third kappa shape index (κ3) is 6.55. The summed E-state index contributed by atoms with van der Waals surface area (Å²) >= 11 is 6.07. The lowest BCUT2D eigenvalue weighted by atomic mass is 10.1. The zero-order chi connectivity index (χ0) is 25.6. The third-order valence-electron chi connectivity index (χ3n) is 7.46. The SMILES string of the molecule is CCCCCn1c(OC2CCN(CCN3CCOCC3)CC2)cc(=O)n2cc(-c3ccc(Cl)cc3)nc12. The lowest BCUT2D eigenvalue weighted by Crippen LogP contribution is -2.45. The van der Waals surface area contributed by atoms with Gasteiger partial charge in [-0.1, -0.05) is 43.5 Å². The Labute approximate surface area is 223 Å². The first-order valence-corrected chi connectivity index (χ1v) is 14.1. The summed E-state index contributed by atoms with van der Waals surface area (Å²) in [6, 6.07) is 9.18. The van der Waals surface area contributed by atoms with Gasteiger partial charge in [0.15, 0.2) is 0 Å². The second kappa shape index (κ2) is 12.4. The van der Waals surface area contributed by atoms with Crippen LogP contribution in [-0.2, 0) is 11.3 Å². The fourth-order valence-electron chi connectivity index (χ4n) is 5.19. The van der Waals surface area contributed by atoms with Crippen LogP contribution >= 0.6 is 11.6 Å². The predicted molar refractivity (Wildman–Crippen MR) is 147 cm³/mol. The van der Waals surface area contributed by atoms with Crippen molar-refractivity contribution < 1.29 is 9.47 Å². The van der Waals surface area contributed by atoms with Gasteiger partial charge >= 0.3 is 0 Å². The van der Waals surface area contributed by atoms with Crippen LogP contribution in [0.15, 0.2) is 41.3 Å². The number of morpholine rings is 1. The number of aryl methyl sites for hydroxylation is 1. The third-order valence-corrected chi connectivity index (χ3v) is 7.71. The van der Waals surface area contributed by atoms with Gasteiger partial charge in [0.1, 0.15) is 6.10 Å². The number of unbranched alkanes of at least 4 members (excludes halogenated alkanes) is 2. The van der Waals surface area contributed by atoms with Crippen LogP contribution in [-0.4, -0.2) is 82.3 Å². The van der Waals surface area contributed by atoms with Crippen molar-refractivity contribution in [1.29, 1.82) is 0 Å². The van der Waals surface area contributed by atoms with E-state index in [0.29, 0.717) is 16.7 Å². The zero-order valence-corrected chi connectivity index (χ0v) is 22.5. The van der Waals surface area contributed by atoms with Crippen molar-refractivity contribution >= 4 is 17.4 Å². The quantitative estimate of drug-likeness (QED) is 0.369. The van der Waals surface area contributed by atoms with Gasteiger partial charge in [0, 0.05) is 62.6 Å². The number of likely N-dealkylation sites (tertiary alicyclic amines) is 1. The molecule has 0 spiro atoms. The van der Waals surface area contributed by atoms with E-state index in [1.54, 1.807) is 10.5 Å². The van der Waals surface area contributed by atoms with E-state index in [4.69, 9.17) is 26.1 Å². The Morgan fingerprint density at radius 3 is 2.41 bits per heavy atom. The van der Waals surface area contributed by atoms with Crippen molar-refractivity contribution in [2.75, 3.05) is 52.5 Å². The first-order chi connectivity index (χ1) is 18.1. The highest BCUT2D eigenvalue weighted by Gasteiger charge is 2.23. The van der Waals surface area contributed by atoms with Crippen molar-refractivity contribution in [2.45, 2.75) is 51.7 Å². The predicted octanol–water partition coefficient (Wildman–Crippen LogP) is 4.18. The average molecular weight is 528 g/mol. The van der Waals surface area contributed by atoms with Crippen LogP contribution in [0.3, 0.4) is 0 Å². The number of benzene rings is 1. The molecule has 9 heteroatoms. The molecule has 0 radical (unpaired) electrons. The number of hydrogen-bond donors (Lipinski definition) is 0. The molecule has 4 heterocycles. The maximum Gasteiger partial charge on any atom is 0.262 e. The molecule has 1 aromatic carbocycles. The molecular formula is C28H38ClN5O3. The fraction of sp³-hybridized carbons (Fsp3) is 0.571. The van der Waals surface area contributed by atoms with Crippen LogP contribution in [0.25, 0.3) is 17.0 Å². The second-order valence-electron chi connectivity index (χ2n) is 10.1. The van der Waals surface area contributed by atoms with Gasteiger partial charge in [-0.3, -0.25) is 18.7 Å². The summed E-state index contributed by atoms with van der Waals surface area (Å²) in [6.07, 6.45) is 7.08. The Bertz CT molecular complexity index is 1210. The molecule has 2 saturated heterocycles. The number of imidazole rings is 1. The Morgan fingerprint density at radius 2 is 1.70 bits per heavy atom. The molecule has 0 N–H and O–H groups in total. The number of rotatable bonds is 10. The van der Waals surface area contributed by atoms with Crippen molar-refractivity contribution in [3.63, 3.8) is 0 Å². The summed E-state index contributed by atoms with van der Waals surface area (Å²) in [7, 11) is 0. The summed E-state index contributed by atoms with van der Waals surface area (Å²) in [5.41, 5.74) is 1.57. The summed E-state index contributed by atoms with van der Waals surface area (Å²) in [4.78, 5) is 23.0. The number of halogens is 1. The highest BCUT2D eigenvalue weighted by atomic mass is 35.5. The maximum absolute atomic E-state index is 13.1. The van der Waals surface area contributed by atoms with Gasteiger partial charge in [-0.05, 0) is 31.4 Å². The minimum atomic E-state index is -0.118. The van der Waals surface area contributed by atoms with Gasteiger partial charge in [0.05, 0.1) is 25.0 Å². The van der Waals surface area contributed by atoms with E-state index in [1.807, 2.05) is 30.5 Å². The summed E-state index contributed by atoms with van der Waals surface area (Å²) in [5, 5.41) is 0.675. The van der Waals surface area contributed by atoms with E-state index in [9.17, 15) is 4.79 Å². The number of hydrogen-bond acceptors (Lipinski definition) is 6. The van der Waals surface area contributed by atoms with E-state index >= 15 is 0 Å². The van der Waals surface area contributed by atoms with Gasteiger partial charge in [-0.25, -0.2) is 4.98 Å². The molecule has 0 amide bonds. The number of fused-ring (bicyclic) bond motifs is 1. The molecule has 0 atom stereocenters. The van der Waals surface area contributed by atoms with Crippen molar-refractivity contribution in [3.05, 3.63) is 51.9 Å². The first-order valence-electron chi connectivity index (χ1n) is 13.7. The number of nitrogens with zero attached hydrogens (tertiary/aromatic N) is 5. The van der Waals surface area contributed by atoms with Gasteiger partial charge < -0.3 is 14.4 Å². The molecular weight excluding hydrogens is 490 g/mol. The lowest BCUT2D eigenvalue weighted by molar-refractivity contribution is 0.0285. The van der Waals surface area contributed by atoms with Crippen LogP contribution in [0.1, 0.15) is 39.0 Å². The zero-order valence-electron chi connectivity index (χ0n) is 21.8. The summed E-state index contributed by atoms with van der Waals surface area (Å²) in [6.45, 7) is 10.9. The van der Waals surface area contributed by atoms with Crippen LogP contribution in [0, 0.1) is 0 Å². The van der Waals surface area contributed by atoms with Crippen LogP contribution in [0.5, 0.6) is 5.88 Å². The highest BCUT2D eigenvalue weighted by Crippen LogP contribution is 2.25. The summed E-state index contributed by atoms with van der Waals surface area (Å²) in [5.74, 6) is 1.26. The summed E-state index contributed by atoms with van der Waals surface area (Å²) < 4.78 is 15.7. The minimum Gasteiger partial charge on any atom is -0.475 e. The standard InChI is InChI=1S/C28H38ClN5O3/c1-2-3-4-11-33-27(37-24-9-12-31(13-10-24)14-15-32-16-18-36-19-17-32)20-26(35)34-21-25(30-28(33)34)22-5-7-23(29)8-6-22/h5-8,20-21,24H,2-4,9-19H2,1H3. The molecule has 37 heavy (non-hydrogen) atoms. The fourth-order valence-corrected chi connectivity index (χ4v) is 5.32. The molecule has 2 fully saturated rings. The molecule has 0 aliphatic carbocycles. The second-order valence-corrected chi connectivity index (χ2v) is 10.5. The van der Waals surface area contributed by atoms with E-state index in [0.717, 1.165) is 102 Å². The van der Waals surface area contributed by atoms with Crippen LogP contribution in [0.2, 0.25) is 5.02 Å². The van der Waals surface area contributed by atoms with Gasteiger partial charge in [0.25, 0.3) is 5.56 Å². The smallest absolute Gasteiger partial charge is 0.262 e. The van der Waals surface area contributed by atoms with Gasteiger partial charge in [-0.2, -0.15) is 0 Å². The van der Waals surface area contributed by atoms with Crippen molar-refractivity contribution in [1.82, 2.24) is 23.8 Å². The molecule has 2 aliphatic heterocycles. The normalized spacial score (nSPS) is 18.0. The Hall–Kier alpha value is -2.39. The lowest BCUT2D eigenvalue weighted by Gasteiger charge is -2.34. The number of aromatic nitrogens is 3. The molecule has 5 rings (SSSR count). The number of ether oxygens (including phenoxy) is 2. The highest BCUT2D eigenvalue weighted by molar-refractivity contribution is 6.30. The molecule has 2 aromatic heterocycles. The Morgan fingerprint density at radius 1 is 1.00 bits per heavy atom. The molecule has 0 unspecified atom stereocenters. The molecule has 0 bridgehead atoms. The molecule has 200 valence electrons. The van der Waals surface area contributed by atoms with Crippen LogP contribution in [0.4, 0.5) is 0 Å². The van der Waals surface area contributed by atoms with Gasteiger partial charge in [0.2, 0.25) is 11.7 Å². The van der Waals surface area contributed by atoms with E-state index in [2.05, 4.69) is 21.3 Å². The van der Waals surface area contributed by atoms with E-state index in [1.165, 1.54) is 0 Å². The van der Waals surface area contributed by atoms with Crippen molar-refractivity contribution in [2.24, 2.45) is 0 Å². The number of piperidine rings is 1. The largest absolute Gasteiger partial charge is 0.475 e. The van der Waals surface area contributed by atoms with Gasteiger partial charge in [-0.15, -0.1) is 0 Å². The minimum absolute atomic E-state index is 0.101. The average Bonchev–Trinajstić information content (AvgIpc) is 3.37. The first kappa shape index (κ1) is 26.2. The van der Waals surface area contributed by atoms with E-state index < -0.39 is 0 Å². The molecule has 3 aromatic rings. The van der Waals surface area contributed by atoms with E-state index in [-0.39, 0.29) is 11.7 Å². The van der Waals surface area contributed by atoms with Crippen LogP contribution < -0.4 is 10.3 Å². The maximum atomic E-state index is 13.1.